The molecule has 2 aromatic carbocycles. The molecule has 0 saturated heterocycles. The molecule has 0 amide bonds. The van der Waals surface area contributed by atoms with Crippen LogP contribution in [0.5, 0.6) is 0 Å². The summed E-state index contributed by atoms with van der Waals surface area (Å²) in [4.78, 5) is 0.342. The lowest BCUT2D eigenvalue weighted by Crippen LogP contribution is -2.22. The topological polar surface area (TPSA) is 12.0 Å². The number of nitrogens with one attached hydrogen (secondary N) is 1. The van der Waals surface area contributed by atoms with Gasteiger partial charge < -0.3 is 5.32 Å². The lowest BCUT2D eigenvalue weighted by molar-refractivity contribution is 0.529. The summed E-state index contributed by atoms with van der Waals surface area (Å²) in [5, 5.41) is 3.10. The average molecular weight is 311 g/mol. The van der Waals surface area contributed by atoms with Crippen molar-refractivity contribution in [2.45, 2.75) is 36.2 Å². The monoisotopic (exact) mass is 311 g/mol. The quantitative estimate of drug-likeness (QED) is 0.855. The van der Waals surface area contributed by atoms with E-state index in [4.69, 9.17) is 0 Å². The maximum Gasteiger partial charge on any atom is 0.140 e. The Morgan fingerprint density at radius 3 is 2.29 bits per heavy atom. The molecule has 0 radical (unpaired) electrons. The van der Waals surface area contributed by atoms with Crippen LogP contribution in [0.3, 0.4) is 0 Å². The maximum absolute atomic E-state index is 14.0. The third kappa shape index (κ3) is 4.51. The summed E-state index contributed by atoms with van der Waals surface area (Å²) < 4.78 is 41.2. The summed E-state index contributed by atoms with van der Waals surface area (Å²) in [6.07, 6.45) is 0. The maximum atomic E-state index is 14.0. The molecule has 21 heavy (non-hydrogen) atoms. The first-order valence-electron chi connectivity index (χ1n) is 6.60. The Balaban J connectivity index is 2.21. The fourth-order valence-electron chi connectivity index (χ4n) is 1.78. The van der Waals surface area contributed by atoms with Crippen molar-refractivity contribution in [3.05, 3.63) is 59.4 Å². The van der Waals surface area contributed by atoms with Gasteiger partial charge in [0.25, 0.3) is 0 Å². The van der Waals surface area contributed by atoms with Gasteiger partial charge in [0.1, 0.15) is 17.5 Å². The van der Waals surface area contributed by atoms with Crippen molar-refractivity contribution >= 4 is 11.8 Å². The number of rotatable bonds is 5. The minimum Gasteiger partial charge on any atom is -0.310 e. The third-order valence-corrected chi connectivity index (χ3v) is 3.87. The van der Waals surface area contributed by atoms with Gasteiger partial charge in [-0.2, -0.15) is 0 Å². The molecule has 0 spiro atoms. The third-order valence-electron chi connectivity index (χ3n) is 2.79. The first-order chi connectivity index (χ1) is 9.95. The lowest BCUT2D eigenvalue weighted by Gasteiger charge is -2.11. The van der Waals surface area contributed by atoms with Crippen molar-refractivity contribution in [3.63, 3.8) is 0 Å². The summed E-state index contributed by atoms with van der Waals surface area (Å²) in [6.45, 7) is 4.32. The second-order valence-corrected chi connectivity index (χ2v) is 6.07. The molecule has 0 aromatic heterocycles. The predicted octanol–water partition coefficient (Wildman–Crippen LogP) is 4.75. The highest BCUT2D eigenvalue weighted by Crippen LogP contribution is 2.33. The van der Waals surface area contributed by atoms with E-state index in [1.807, 2.05) is 13.8 Å². The summed E-state index contributed by atoms with van der Waals surface area (Å²) in [6, 6.07) is 8.50. The van der Waals surface area contributed by atoms with Crippen LogP contribution in [0.1, 0.15) is 19.4 Å². The molecule has 0 aliphatic carbocycles. The van der Waals surface area contributed by atoms with Gasteiger partial charge in [-0.05, 0) is 35.9 Å². The van der Waals surface area contributed by atoms with Crippen molar-refractivity contribution in [1.82, 2.24) is 5.32 Å². The molecular weight excluding hydrogens is 295 g/mol. The van der Waals surface area contributed by atoms with Gasteiger partial charge in [0.2, 0.25) is 0 Å². The molecule has 0 bridgehead atoms. The number of benzene rings is 2. The van der Waals surface area contributed by atoms with E-state index in [0.717, 1.165) is 11.8 Å². The highest BCUT2D eigenvalue weighted by atomic mass is 32.2. The molecule has 0 fully saturated rings. The fourth-order valence-corrected chi connectivity index (χ4v) is 2.65. The zero-order valence-corrected chi connectivity index (χ0v) is 12.6. The van der Waals surface area contributed by atoms with Crippen molar-refractivity contribution in [2.75, 3.05) is 0 Å². The summed E-state index contributed by atoms with van der Waals surface area (Å²) in [5.74, 6) is -1.70. The van der Waals surface area contributed by atoms with Gasteiger partial charge in [0, 0.05) is 17.5 Å². The Morgan fingerprint density at radius 2 is 1.71 bits per heavy atom. The van der Waals surface area contributed by atoms with Crippen LogP contribution in [-0.2, 0) is 6.54 Å². The SMILES string of the molecule is CC(C)NCc1cc(F)c(Sc2cccc(F)c2)c(F)c1. The van der Waals surface area contributed by atoms with Crippen LogP contribution in [0.2, 0.25) is 0 Å². The van der Waals surface area contributed by atoms with E-state index in [1.165, 1.54) is 30.3 Å². The van der Waals surface area contributed by atoms with Crippen LogP contribution in [0.4, 0.5) is 13.2 Å². The van der Waals surface area contributed by atoms with Crippen LogP contribution in [0.25, 0.3) is 0 Å². The van der Waals surface area contributed by atoms with E-state index in [-0.39, 0.29) is 10.9 Å². The smallest absolute Gasteiger partial charge is 0.140 e. The Kier molecular flexibility index (Phi) is 5.31. The van der Waals surface area contributed by atoms with Crippen LogP contribution >= 0.6 is 11.8 Å². The van der Waals surface area contributed by atoms with Gasteiger partial charge >= 0.3 is 0 Å². The van der Waals surface area contributed by atoms with Crippen molar-refractivity contribution in [2.24, 2.45) is 0 Å². The molecule has 0 saturated carbocycles. The van der Waals surface area contributed by atoms with E-state index in [9.17, 15) is 13.2 Å². The van der Waals surface area contributed by atoms with Crippen molar-refractivity contribution < 1.29 is 13.2 Å². The largest absolute Gasteiger partial charge is 0.310 e. The first kappa shape index (κ1) is 15.9. The molecular formula is C16H16F3NS. The van der Waals surface area contributed by atoms with Gasteiger partial charge in [-0.1, -0.05) is 31.7 Å². The predicted molar refractivity (Wildman–Crippen MR) is 78.9 cm³/mol. The van der Waals surface area contributed by atoms with E-state index in [1.54, 1.807) is 6.07 Å². The highest BCUT2D eigenvalue weighted by Gasteiger charge is 2.13. The van der Waals surface area contributed by atoms with Crippen LogP contribution in [-0.4, -0.2) is 6.04 Å². The minimum absolute atomic E-state index is 0.117. The van der Waals surface area contributed by atoms with Crippen LogP contribution in [0.15, 0.2) is 46.2 Å². The van der Waals surface area contributed by atoms with Gasteiger partial charge in [0.15, 0.2) is 0 Å². The Labute approximate surface area is 126 Å². The Hall–Kier alpha value is -1.46. The molecule has 112 valence electrons. The second-order valence-electron chi connectivity index (χ2n) is 4.98. The average Bonchev–Trinajstić information content (AvgIpc) is 2.40. The van der Waals surface area contributed by atoms with Gasteiger partial charge in [0.05, 0.1) is 4.90 Å². The van der Waals surface area contributed by atoms with Gasteiger partial charge in [-0.3, -0.25) is 0 Å². The number of hydrogen-bond donors (Lipinski definition) is 1. The van der Waals surface area contributed by atoms with Crippen LogP contribution in [0, 0.1) is 17.5 Å². The molecule has 0 atom stereocenters. The highest BCUT2D eigenvalue weighted by molar-refractivity contribution is 7.99. The zero-order valence-electron chi connectivity index (χ0n) is 11.8. The summed E-state index contributed by atoms with van der Waals surface area (Å²) in [5.41, 5.74) is 0.544. The summed E-state index contributed by atoms with van der Waals surface area (Å²) in [7, 11) is 0. The van der Waals surface area contributed by atoms with E-state index >= 15 is 0 Å². The Morgan fingerprint density at radius 1 is 1.05 bits per heavy atom. The minimum atomic E-state index is -0.634. The molecule has 0 aliphatic heterocycles. The van der Waals surface area contributed by atoms with E-state index in [0.29, 0.717) is 17.0 Å². The number of hydrogen-bond acceptors (Lipinski definition) is 2. The lowest BCUT2D eigenvalue weighted by atomic mass is 10.2. The fraction of sp³-hybridized carbons (Fsp3) is 0.250. The zero-order chi connectivity index (χ0) is 15.4. The molecule has 1 N–H and O–H groups in total. The molecule has 0 aliphatic rings. The molecule has 0 heterocycles. The van der Waals surface area contributed by atoms with Gasteiger partial charge in [-0.15, -0.1) is 0 Å². The molecule has 5 heteroatoms. The normalized spacial score (nSPS) is 11.1. The van der Waals surface area contributed by atoms with E-state index < -0.39 is 17.5 Å². The van der Waals surface area contributed by atoms with Crippen molar-refractivity contribution in [3.8, 4) is 0 Å². The van der Waals surface area contributed by atoms with E-state index in [2.05, 4.69) is 5.32 Å². The standard InChI is InChI=1S/C16H16F3NS/c1-10(2)20-9-11-6-14(18)16(15(19)7-11)21-13-5-3-4-12(17)8-13/h3-8,10,20H,9H2,1-2H3. The van der Waals surface area contributed by atoms with Gasteiger partial charge in [-0.25, -0.2) is 13.2 Å². The Bertz CT molecular complexity index is 606. The first-order valence-corrected chi connectivity index (χ1v) is 7.42. The van der Waals surface area contributed by atoms with Crippen LogP contribution < -0.4 is 5.32 Å². The number of halogens is 3. The summed E-state index contributed by atoms with van der Waals surface area (Å²) >= 11 is 0.878. The molecule has 0 unspecified atom stereocenters. The molecule has 2 rings (SSSR count). The second kappa shape index (κ2) is 7.00. The molecule has 1 nitrogen and oxygen atoms in total. The molecule has 2 aromatic rings. The van der Waals surface area contributed by atoms with Crippen molar-refractivity contribution in [1.29, 1.82) is 0 Å².